The zero-order chi connectivity index (χ0) is 17.8. The maximum Gasteiger partial charge on any atom is 0.263 e. The van der Waals surface area contributed by atoms with E-state index in [1.807, 2.05) is 24.0 Å². The normalized spacial score (nSPS) is 14.3. The first kappa shape index (κ1) is 17.8. The van der Waals surface area contributed by atoms with Crippen molar-refractivity contribution in [1.29, 1.82) is 0 Å². The van der Waals surface area contributed by atoms with E-state index in [-0.39, 0.29) is 5.91 Å². The molecule has 6 nitrogen and oxygen atoms in total. The van der Waals surface area contributed by atoms with Crippen molar-refractivity contribution in [3.63, 3.8) is 0 Å². The third-order valence-corrected chi connectivity index (χ3v) is 5.36. The molecule has 1 amide bonds. The lowest BCUT2D eigenvalue weighted by atomic mass is 10.1. The number of amides is 1. The van der Waals surface area contributed by atoms with Gasteiger partial charge in [0.05, 0.1) is 10.6 Å². The lowest BCUT2D eigenvalue weighted by molar-refractivity contribution is 0.0768. The number of carbonyl (C=O) groups is 1. The molecule has 0 fully saturated rings. The molecule has 0 bridgehead atoms. The van der Waals surface area contributed by atoms with Crippen LogP contribution < -0.4 is 5.32 Å². The second kappa shape index (κ2) is 7.93. The Labute approximate surface area is 152 Å². The van der Waals surface area contributed by atoms with Gasteiger partial charge in [0.25, 0.3) is 5.91 Å². The van der Waals surface area contributed by atoms with Crippen LogP contribution in [0.4, 0.5) is 5.82 Å². The average molecular weight is 359 g/mol. The Balaban J connectivity index is 1.70. The highest BCUT2D eigenvalue weighted by atomic mass is 32.1. The Morgan fingerprint density at radius 2 is 2.08 bits per heavy atom. The van der Waals surface area contributed by atoms with E-state index in [0.29, 0.717) is 13.1 Å². The summed E-state index contributed by atoms with van der Waals surface area (Å²) in [4.78, 5) is 27.7. The van der Waals surface area contributed by atoms with Crippen molar-refractivity contribution in [3.05, 3.63) is 39.5 Å². The number of likely N-dealkylation sites (N-methyl/N-ethyl adjacent to an activating group) is 1. The van der Waals surface area contributed by atoms with Gasteiger partial charge in [0, 0.05) is 43.0 Å². The zero-order valence-corrected chi connectivity index (χ0v) is 15.9. The number of anilines is 1. The van der Waals surface area contributed by atoms with Crippen LogP contribution in [0.3, 0.4) is 0 Å². The van der Waals surface area contributed by atoms with Crippen molar-refractivity contribution in [2.45, 2.75) is 19.8 Å². The molecule has 2 aromatic rings. The van der Waals surface area contributed by atoms with Crippen LogP contribution in [0.25, 0.3) is 0 Å². The number of nitrogens with zero attached hydrogens (tertiary/aromatic N) is 4. The van der Waals surface area contributed by atoms with Crippen LogP contribution in [-0.4, -0.2) is 65.9 Å². The molecule has 0 saturated carbocycles. The van der Waals surface area contributed by atoms with Crippen LogP contribution >= 0.6 is 11.3 Å². The average Bonchev–Trinajstić information content (AvgIpc) is 2.89. The molecule has 1 N–H and O–H groups in total. The molecule has 2 aromatic heterocycles. The molecule has 0 spiro atoms. The van der Waals surface area contributed by atoms with E-state index in [2.05, 4.69) is 34.3 Å². The minimum Gasteiger partial charge on any atom is -0.368 e. The fourth-order valence-corrected chi connectivity index (χ4v) is 3.82. The fraction of sp³-hybridized carbons (Fsp3) is 0.500. The molecule has 0 unspecified atom stereocenters. The van der Waals surface area contributed by atoms with E-state index >= 15 is 0 Å². The summed E-state index contributed by atoms with van der Waals surface area (Å²) in [5.41, 5.74) is 2.21. The van der Waals surface area contributed by atoms with Gasteiger partial charge in [-0.2, -0.15) is 0 Å². The number of hydrogen-bond donors (Lipinski definition) is 1. The van der Waals surface area contributed by atoms with Gasteiger partial charge < -0.3 is 15.1 Å². The molecule has 134 valence electrons. The Bertz CT molecular complexity index is 743. The van der Waals surface area contributed by atoms with E-state index < -0.39 is 0 Å². The lowest BCUT2D eigenvalue weighted by Gasteiger charge is -2.19. The van der Waals surface area contributed by atoms with Gasteiger partial charge in [0.15, 0.2) is 0 Å². The molecule has 3 rings (SSSR count). The highest BCUT2D eigenvalue weighted by Crippen LogP contribution is 2.23. The minimum atomic E-state index is 0.126. The summed E-state index contributed by atoms with van der Waals surface area (Å²) in [6.07, 6.45) is 3.18. The van der Waals surface area contributed by atoms with Crippen molar-refractivity contribution in [2.24, 2.45) is 0 Å². The summed E-state index contributed by atoms with van der Waals surface area (Å²) in [5, 5.41) is 3.42. The maximum absolute atomic E-state index is 12.7. The first-order valence-electron chi connectivity index (χ1n) is 8.61. The lowest BCUT2D eigenvalue weighted by Crippen LogP contribution is -2.32. The third-order valence-electron chi connectivity index (χ3n) is 4.37. The van der Waals surface area contributed by atoms with Crippen LogP contribution in [0.2, 0.25) is 0 Å². The van der Waals surface area contributed by atoms with Crippen LogP contribution in [0.15, 0.2) is 18.5 Å². The number of nitrogens with one attached hydrogen (secondary N) is 1. The molecule has 3 heterocycles. The van der Waals surface area contributed by atoms with E-state index in [0.717, 1.165) is 47.9 Å². The van der Waals surface area contributed by atoms with Crippen molar-refractivity contribution in [2.75, 3.05) is 45.6 Å². The largest absolute Gasteiger partial charge is 0.368 e. The van der Waals surface area contributed by atoms with Gasteiger partial charge in [0.2, 0.25) is 0 Å². The highest BCUT2D eigenvalue weighted by molar-refractivity contribution is 7.13. The molecule has 25 heavy (non-hydrogen) atoms. The Kier molecular flexibility index (Phi) is 5.65. The summed E-state index contributed by atoms with van der Waals surface area (Å²) in [7, 11) is 4.11. The van der Waals surface area contributed by atoms with Crippen LogP contribution in [-0.2, 0) is 12.8 Å². The molecule has 1 aliphatic heterocycles. The number of aryl methyl sites for hydroxylation is 1. The highest BCUT2D eigenvalue weighted by Gasteiger charge is 2.23. The number of aromatic nitrogens is 2. The van der Waals surface area contributed by atoms with Crippen molar-refractivity contribution >= 4 is 23.1 Å². The fourth-order valence-electron chi connectivity index (χ4n) is 2.99. The van der Waals surface area contributed by atoms with E-state index in [4.69, 9.17) is 0 Å². The standard InChI is InChI=1S/C18H25N5OS/c1-13-4-5-16(25-13)18(24)23-9-6-14-15(7-10-23)20-12-21-17(14)19-8-11-22(2)3/h4-5,12H,6-11H2,1-3H3,(H,19,20,21). The second-order valence-corrected chi connectivity index (χ2v) is 7.87. The topological polar surface area (TPSA) is 61.4 Å². The summed E-state index contributed by atoms with van der Waals surface area (Å²) in [6, 6.07) is 3.93. The molecule has 0 aliphatic carbocycles. The zero-order valence-electron chi connectivity index (χ0n) is 15.1. The first-order valence-corrected chi connectivity index (χ1v) is 9.43. The Hall–Kier alpha value is -1.99. The predicted molar refractivity (Wildman–Crippen MR) is 101 cm³/mol. The van der Waals surface area contributed by atoms with Crippen molar-refractivity contribution < 1.29 is 4.79 Å². The van der Waals surface area contributed by atoms with Gasteiger partial charge in [-0.3, -0.25) is 4.79 Å². The summed E-state index contributed by atoms with van der Waals surface area (Å²) < 4.78 is 0. The van der Waals surface area contributed by atoms with E-state index in [1.54, 1.807) is 17.7 Å². The maximum atomic E-state index is 12.7. The Morgan fingerprint density at radius 1 is 1.28 bits per heavy atom. The van der Waals surface area contributed by atoms with Crippen molar-refractivity contribution in [1.82, 2.24) is 19.8 Å². The monoisotopic (exact) mass is 359 g/mol. The number of rotatable bonds is 5. The number of hydrogen-bond acceptors (Lipinski definition) is 6. The molecule has 7 heteroatoms. The smallest absolute Gasteiger partial charge is 0.263 e. The van der Waals surface area contributed by atoms with Gasteiger partial charge >= 0.3 is 0 Å². The molecular weight excluding hydrogens is 334 g/mol. The summed E-state index contributed by atoms with van der Waals surface area (Å²) >= 11 is 1.56. The molecule has 0 saturated heterocycles. The minimum absolute atomic E-state index is 0.126. The Morgan fingerprint density at radius 3 is 2.80 bits per heavy atom. The SMILES string of the molecule is Cc1ccc(C(=O)N2CCc3ncnc(NCCN(C)C)c3CC2)s1. The van der Waals surface area contributed by atoms with Crippen LogP contribution in [0.1, 0.15) is 25.8 Å². The van der Waals surface area contributed by atoms with E-state index in [9.17, 15) is 4.79 Å². The molecule has 1 aliphatic rings. The third kappa shape index (κ3) is 4.35. The number of thiophene rings is 1. The number of fused-ring (bicyclic) bond motifs is 1. The number of carbonyl (C=O) groups excluding carboxylic acids is 1. The summed E-state index contributed by atoms with van der Waals surface area (Å²) in [6.45, 7) is 5.23. The molecule has 0 atom stereocenters. The molecule has 0 aromatic carbocycles. The van der Waals surface area contributed by atoms with Crippen LogP contribution in [0.5, 0.6) is 0 Å². The van der Waals surface area contributed by atoms with E-state index in [1.165, 1.54) is 4.88 Å². The van der Waals surface area contributed by atoms with Crippen LogP contribution in [0, 0.1) is 6.92 Å². The van der Waals surface area contributed by atoms with Gasteiger partial charge in [-0.1, -0.05) is 0 Å². The van der Waals surface area contributed by atoms with Gasteiger partial charge in [-0.25, -0.2) is 9.97 Å². The predicted octanol–water partition coefficient (Wildman–Crippen LogP) is 2.06. The van der Waals surface area contributed by atoms with Crippen molar-refractivity contribution in [3.8, 4) is 0 Å². The molecule has 0 radical (unpaired) electrons. The second-order valence-electron chi connectivity index (χ2n) is 6.58. The first-order chi connectivity index (χ1) is 12.0. The summed E-state index contributed by atoms with van der Waals surface area (Å²) in [5.74, 6) is 1.04. The van der Waals surface area contributed by atoms with Gasteiger partial charge in [-0.05, 0) is 39.6 Å². The van der Waals surface area contributed by atoms with Gasteiger partial charge in [-0.15, -0.1) is 11.3 Å². The quantitative estimate of drug-likeness (QED) is 0.885. The van der Waals surface area contributed by atoms with Gasteiger partial charge in [0.1, 0.15) is 12.1 Å². The molecular formula is C18H25N5OS.